The molecule has 0 bridgehead atoms. The molecule has 0 radical (unpaired) electrons. The van der Waals surface area contributed by atoms with Gasteiger partial charge < -0.3 is 18.9 Å². The van der Waals surface area contributed by atoms with E-state index in [0.29, 0.717) is 43.3 Å². The summed E-state index contributed by atoms with van der Waals surface area (Å²) in [5.41, 5.74) is 3.33. The van der Waals surface area contributed by atoms with Crippen LogP contribution in [0.25, 0.3) is 11.0 Å². The van der Waals surface area contributed by atoms with Gasteiger partial charge in [0.2, 0.25) is 5.91 Å². The molecule has 1 aromatic heterocycles. The lowest BCUT2D eigenvalue weighted by Crippen LogP contribution is -2.25. The van der Waals surface area contributed by atoms with Crippen LogP contribution in [0.15, 0.2) is 79.4 Å². The SMILES string of the molecule is C=CCc1ccc(OCCCn2c(C3CC(=O)N(c4ccccc4F)C3)nc3ccccc32)c(OC)c1. The second-order valence-corrected chi connectivity index (χ2v) is 9.15. The smallest absolute Gasteiger partial charge is 0.227 e. The molecule has 0 spiro atoms. The zero-order valence-corrected chi connectivity index (χ0v) is 20.9. The van der Waals surface area contributed by atoms with Crippen molar-refractivity contribution in [1.82, 2.24) is 9.55 Å². The number of halogens is 1. The van der Waals surface area contributed by atoms with Crippen molar-refractivity contribution in [1.29, 1.82) is 0 Å². The quantitative estimate of drug-likeness (QED) is 0.201. The lowest BCUT2D eigenvalue weighted by Gasteiger charge is -2.18. The van der Waals surface area contributed by atoms with Gasteiger partial charge in [-0.2, -0.15) is 0 Å². The summed E-state index contributed by atoms with van der Waals surface area (Å²) in [5, 5.41) is 0. The average molecular weight is 500 g/mol. The van der Waals surface area contributed by atoms with Gasteiger partial charge in [0.05, 0.1) is 30.4 Å². The van der Waals surface area contributed by atoms with Gasteiger partial charge in [0, 0.05) is 25.4 Å². The highest BCUT2D eigenvalue weighted by molar-refractivity contribution is 5.96. The molecule has 6 nitrogen and oxygen atoms in total. The van der Waals surface area contributed by atoms with E-state index in [1.54, 1.807) is 25.3 Å². The van der Waals surface area contributed by atoms with Crippen LogP contribution < -0.4 is 14.4 Å². The van der Waals surface area contributed by atoms with Crippen molar-refractivity contribution < 1.29 is 18.7 Å². The first-order chi connectivity index (χ1) is 18.1. The van der Waals surface area contributed by atoms with Crippen molar-refractivity contribution in [2.75, 3.05) is 25.2 Å². The molecule has 2 heterocycles. The molecule has 1 amide bonds. The van der Waals surface area contributed by atoms with Crippen molar-refractivity contribution in [2.24, 2.45) is 0 Å². The van der Waals surface area contributed by atoms with Gasteiger partial charge in [0.15, 0.2) is 11.5 Å². The summed E-state index contributed by atoms with van der Waals surface area (Å²) >= 11 is 0. The van der Waals surface area contributed by atoms with Crippen molar-refractivity contribution in [3.05, 3.63) is 96.6 Å². The number of carbonyl (C=O) groups excluding carboxylic acids is 1. The van der Waals surface area contributed by atoms with E-state index in [2.05, 4.69) is 11.1 Å². The number of ether oxygens (including phenoxy) is 2. The number of hydrogen-bond donors (Lipinski definition) is 0. The summed E-state index contributed by atoms with van der Waals surface area (Å²) in [7, 11) is 1.64. The summed E-state index contributed by atoms with van der Waals surface area (Å²) in [5.74, 6) is 1.63. The number of anilines is 1. The molecular weight excluding hydrogens is 469 g/mol. The Bertz CT molecular complexity index is 1430. The van der Waals surface area contributed by atoms with E-state index in [9.17, 15) is 9.18 Å². The molecule has 1 unspecified atom stereocenters. The fraction of sp³-hybridized carbons (Fsp3) is 0.267. The number of rotatable bonds is 10. The molecule has 3 aromatic carbocycles. The van der Waals surface area contributed by atoms with Crippen LogP contribution in [-0.2, 0) is 17.8 Å². The first-order valence-corrected chi connectivity index (χ1v) is 12.5. The van der Waals surface area contributed by atoms with Crippen molar-refractivity contribution >= 4 is 22.6 Å². The van der Waals surface area contributed by atoms with Crippen LogP contribution in [-0.4, -0.2) is 35.7 Å². The normalized spacial score (nSPS) is 15.4. The minimum atomic E-state index is -0.393. The Morgan fingerprint density at radius 2 is 1.92 bits per heavy atom. The third kappa shape index (κ3) is 5.07. The van der Waals surface area contributed by atoms with Gasteiger partial charge in [0.25, 0.3) is 0 Å². The first-order valence-electron chi connectivity index (χ1n) is 12.5. The van der Waals surface area contributed by atoms with E-state index in [-0.39, 0.29) is 11.8 Å². The largest absolute Gasteiger partial charge is 0.493 e. The molecule has 1 atom stereocenters. The Morgan fingerprint density at radius 3 is 2.73 bits per heavy atom. The zero-order chi connectivity index (χ0) is 25.8. The number of fused-ring (bicyclic) bond motifs is 1. The highest BCUT2D eigenvalue weighted by Gasteiger charge is 2.35. The zero-order valence-electron chi connectivity index (χ0n) is 20.9. The van der Waals surface area contributed by atoms with Crippen LogP contribution in [0.5, 0.6) is 11.5 Å². The molecule has 1 aliphatic rings. The molecule has 0 aliphatic carbocycles. The van der Waals surface area contributed by atoms with E-state index >= 15 is 0 Å². The minimum absolute atomic E-state index is 0.0935. The van der Waals surface area contributed by atoms with E-state index < -0.39 is 5.82 Å². The molecule has 0 N–H and O–H groups in total. The van der Waals surface area contributed by atoms with Crippen LogP contribution >= 0.6 is 0 Å². The van der Waals surface area contributed by atoms with Gasteiger partial charge in [-0.1, -0.05) is 36.4 Å². The molecule has 1 fully saturated rings. The number of allylic oxidation sites excluding steroid dienone is 1. The number of aromatic nitrogens is 2. The predicted octanol–water partition coefficient (Wildman–Crippen LogP) is 5.90. The second kappa shape index (κ2) is 10.9. The molecule has 37 heavy (non-hydrogen) atoms. The number of hydrogen-bond acceptors (Lipinski definition) is 4. The number of methoxy groups -OCH3 is 1. The maximum absolute atomic E-state index is 14.4. The van der Waals surface area contributed by atoms with E-state index in [1.807, 2.05) is 48.5 Å². The lowest BCUT2D eigenvalue weighted by atomic mass is 10.1. The number of aryl methyl sites for hydroxylation is 1. The molecule has 1 aliphatic heterocycles. The Labute approximate surface area is 215 Å². The van der Waals surface area contributed by atoms with Gasteiger partial charge in [-0.15, -0.1) is 6.58 Å². The average Bonchev–Trinajstić information content (AvgIpc) is 3.48. The van der Waals surface area contributed by atoms with Crippen LogP contribution in [0.4, 0.5) is 10.1 Å². The second-order valence-electron chi connectivity index (χ2n) is 9.15. The minimum Gasteiger partial charge on any atom is -0.493 e. The monoisotopic (exact) mass is 499 g/mol. The van der Waals surface area contributed by atoms with Crippen LogP contribution in [0.3, 0.4) is 0 Å². The third-order valence-electron chi connectivity index (χ3n) is 6.71. The highest BCUT2D eigenvalue weighted by atomic mass is 19.1. The third-order valence-corrected chi connectivity index (χ3v) is 6.71. The number of benzene rings is 3. The van der Waals surface area contributed by atoms with Gasteiger partial charge in [-0.3, -0.25) is 4.79 Å². The Morgan fingerprint density at radius 1 is 1.11 bits per heavy atom. The topological polar surface area (TPSA) is 56.6 Å². The van der Waals surface area contributed by atoms with Crippen LogP contribution in [0.1, 0.15) is 30.1 Å². The molecule has 0 saturated carbocycles. The predicted molar refractivity (Wildman–Crippen MR) is 143 cm³/mol. The number of nitrogens with zero attached hydrogens (tertiary/aromatic N) is 3. The fourth-order valence-electron chi connectivity index (χ4n) is 4.95. The fourth-order valence-corrected chi connectivity index (χ4v) is 4.95. The standard InChI is InChI=1S/C30H30FN3O3/c1-3-9-21-14-15-27(28(18-21)36-2)37-17-8-16-33-26-13-7-5-11-24(26)32-30(33)22-19-29(35)34(20-22)25-12-6-4-10-23(25)31/h3-7,10-15,18,22H,1,8-9,16-17,19-20H2,2H3. The Balaban J connectivity index is 1.32. The first kappa shape index (κ1) is 24.6. The molecule has 4 aromatic rings. The molecular formula is C30H30FN3O3. The van der Waals surface area contributed by atoms with E-state index in [4.69, 9.17) is 14.5 Å². The number of amides is 1. The van der Waals surface area contributed by atoms with Crippen molar-refractivity contribution in [2.45, 2.75) is 31.7 Å². The van der Waals surface area contributed by atoms with E-state index in [0.717, 1.165) is 35.3 Å². The Kier molecular flexibility index (Phi) is 7.21. The van der Waals surface area contributed by atoms with Gasteiger partial charge in [-0.25, -0.2) is 9.37 Å². The number of imidazole rings is 1. The van der Waals surface area contributed by atoms with Gasteiger partial charge in [0.1, 0.15) is 11.6 Å². The van der Waals surface area contributed by atoms with Crippen LogP contribution in [0, 0.1) is 5.82 Å². The molecule has 1 saturated heterocycles. The summed E-state index contributed by atoms with van der Waals surface area (Å²) in [6, 6.07) is 20.3. The molecule has 7 heteroatoms. The van der Waals surface area contributed by atoms with Gasteiger partial charge >= 0.3 is 0 Å². The highest BCUT2D eigenvalue weighted by Crippen LogP contribution is 2.34. The summed E-state index contributed by atoms with van der Waals surface area (Å²) in [6.07, 6.45) is 3.66. The summed E-state index contributed by atoms with van der Waals surface area (Å²) in [4.78, 5) is 19.3. The van der Waals surface area contributed by atoms with Crippen molar-refractivity contribution in [3.8, 4) is 11.5 Å². The van der Waals surface area contributed by atoms with Gasteiger partial charge in [-0.05, 0) is 54.8 Å². The maximum Gasteiger partial charge on any atom is 0.227 e. The lowest BCUT2D eigenvalue weighted by molar-refractivity contribution is -0.117. The van der Waals surface area contributed by atoms with Crippen molar-refractivity contribution in [3.63, 3.8) is 0 Å². The molecule has 190 valence electrons. The number of carbonyl (C=O) groups is 1. The van der Waals surface area contributed by atoms with Crippen LogP contribution in [0.2, 0.25) is 0 Å². The number of para-hydroxylation sites is 3. The summed E-state index contributed by atoms with van der Waals surface area (Å²) in [6.45, 7) is 5.35. The van der Waals surface area contributed by atoms with E-state index in [1.165, 1.54) is 11.0 Å². The maximum atomic E-state index is 14.4. The Hall–Kier alpha value is -4.13. The summed E-state index contributed by atoms with van der Waals surface area (Å²) < 4.78 is 28.1. The molecule has 5 rings (SSSR count).